The van der Waals surface area contributed by atoms with Gasteiger partial charge in [0.25, 0.3) is 0 Å². The van der Waals surface area contributed by atoms with Crippen molar-refractivity contribution in [3.8, 4) is 0 Å². The molecule has 3 aliphatic rings. The van der Waals surface area contributed by atoms with Crippen LogP contribution in [0.15, 0.2) is 79.1 Å². The Bertz CT molecular complexity index is 702. The smallest absolute Gasteiger partial charge is 0.0625 e. The van der Waals surface area contributed by atoms with Crippen molar-refractivity contribution in [1.29, 1.82) is 0 Å². The standard InChI is InChI=1S/C20H19N/c1-15-17-11-5-7-13-19(17)21(16-9-3-2-4-10-16)20-14-8-6-12-18(15)20/h2-3,5-9,11-14,17,19H,1,4,10H2. The number of rotatable bonds is 1. The van der Waals surface area contributed by atoms with Crippen molar-refractivity contribution in [1.82, 2.24) is 0 Å². The molecule has 0 saturated carbocycles. The largest absolute Gasteiger partial charge is 0.337 e. The van der Waals surface area contributed by atoms with E-state index >= 15 is 0 Å². The Labute approximate surface area is 126 Å². The molecule has 0 aromatic heterocycles. The Balaban J connectivity index is 1.90. The van der Waals surface area contributed by atoms with Gasteiger partial charge in [0.15, 0.2) is 0 Å². The quantitative estimate of drug-likeness (QED) is 0.706. The Hall–Kier alpha value is -2.28. The molecule has 21 heavy (non-hydrogen) atoms. The third kappa shape index (κ3) is 1.92. The van der Waals surface area contributed by atoms with Crippen LogP contribution in [0.1, 0.15) is 18.4 Å². The Kier molecular flexibility index (Phi) is 2.92. The van der Waals surface area contributed by atoms with Crippen molar-refractivity contribution >= 4 is 11.3 Å². The maximum Gasteiger partial charge on any atom is 0.0625 e. The van der Waals surface area contributed by atoms with Gasteiger partial charge in [-0.15, -0.1) is 0 Å². The lowest BCUT2D eigenvalue weighted by molar-refractivity contribution is 0.626. The molecule has 0 amide bonds. The summed E-state index contributed by atoms with van der Waals surface area (Å²) in [7, 11) is 0. The lowest BCUT2D eigenvalue weighted by Crippen LogP contribution is -2.43. The number of anilines is 1. The minimum Gasteiger partial charge on any atom is -0.337 e. The predicted octanol–water partition coefficient (Wildman–Crippen LogP) is 4.86. The highest BCUT2D eigenvalue weighted by molar-refractivity contribution is 5.84. The van der Waals surface area contributed by atoms with Gasteiger partial charge in [0.2, 0.25) is 0 Å². The minimum atomic E-state index is 0.357. The topological polar surface area (TPSA) is 3.24 Å². The van der Waals surface area contributed by atoms with E-state index in [4.69, 9.17) is 0 Å². The summed E-state index contributed by atoms with van der Waals surface area (Å²) < 4.78 is 0. The van der Waals surface area contributed by atoms with Crippen LogP contribution in [0.4, 0.5) is 5.69 Å². The minimum absolute atomic E-state index is 0.357. The number of fused-ring (bicyclic) bond motifs is 2. The summed E-state index contributed by atoms with van der Waals surface area (Å²) >= 11 is 0. The average molecular weight is 273 g/mol. The van der Waals surface area contributed by atoms with Gasteiger partial charge in [-0.2, -0.15) is 0 Å². The number of hydrogen-bond acceptors (Lipinski definition) is 1. The van der Waals surface area contributed by atoms with E-state index in [1.165, 1.54) is 22.5 Å². The van der Waals surface area contributed by atoms with Crippen molar-refractivity contribution in [3.05, 3.63) is 84.6 Å². The molecule has 2 atom stereocenters. The Morgan fingerprint density at radius 3 is 2.76 bits per heavy atom. The zero-order valence-electron chi connectivity index (χ0n) is 12.1. The van der Waals surface area contributed by atoms with Gasteiger partial charge in [-0.05, 0) is 30.6 Å². The van der Waals surface area contributed by atoms with Gasteiger partial charge in [-0.3, -0.25) is 0 Å². The zero-order chi connectivity index (χ0) is 14.2. The van der Waals surface area contributed by atoms with E-state index in [0.29, 0.717) is 12.0 Å². The van der Waals surface area contributed by atoms with Gasteiger partial charge < -0.3 is 4.90 Å². The summed E-state index contributed by atoms with van der Waals surface area (Å²) in [6, 6.07) is 9.02. The van der Waals surface area contributed by atoms with E-state index in [-0.39, 0.29) is 0 Å². The van der Waals surface area contributed by atoms with Crippen LogP contribution in [0, 0.1) is 5.92 Å². The summed E-state index contributed by atoms with van der Waals surface area (Å²) in [5.41, 5.74) is 5.23. The maximum atomic E-state index is 4.37. The Morgan fingerprint density at radius 1 is 1.05 bits per heavy atom. The highest BCUT2D eigenvalue weighted by Crippen LogP contribution is 2.45. The zero-order valence-corrected chi connectivity index (χ0v) is 12.1. The molecule has 4 rings (SSSR count). The molecule has 1 heteroatoms. The molecule has 0 fully saturated rings. The van der Waals surface area contributed by atoms with Crippen molar-refractivity contribution in [2.24, 2.45) is 5.92 Å². The molecule has 1 aromatic rings. The molecule has 0 saturated heterocycles. The van der Waals surface area contributed by atoms with E-state index in [1.807, 2.05) is 0 Å². The van der Waals surface area contributed by atoms with E-state index in [1.54, 1.807) is 0 Å². The molecule has 0 bridgehead atoms. The van der Waals surface area contributed by atoms with Crippen LogP contribution in [-0.4, -0.2) is 6.04 Å². The molecule has 1 nitrogen and oxygen atoms in total. The van der Waals surface area contributed by atoms with Crippen molar-refractivity contribution in [3.63, 3.8) is 0 Å². The molecule has 1 heterocycles. The Morgan fingerprint density at radius 2 is 1.90 bits per heavy atom. The van der Waals surface area contributed by atoms with Crippen LogP contribution in [0.5, 0.6) is 0 Å². The van der Waals surface area contributed by atoms with E-state index in [0.717, 1.165) is 12.8 Å². The van der Waals surface area contributed by atoms with Crippen molar-refractivity contribution < 1.29 is 0 Å². The SMILES string of the molecule is C=C1c2ccccc2N(C2=CC=CCC2)C2C=CC=CC12. The van der Waals surface area contributed by atoms with Crippen molar-refractivity contribution in [2.75, 3.05) is 4.90 Å². The van der Waals surface area contributed by atoms with Gasteiger partial charge in [-0.25, -0.2) is 0 Å². The molecule has 1 aliphatic heterocycles. The predicted molar refractivity (Wildman–Crippen MR) is 90.0 cm³/mol. The van der Waals surface area contributed by atoms with E-state index in [9.17, 15) is 0 Å². The lowest BCUT2D eigenvalue weighted by Gasteiger charge is -2.45. The van der Waals surface area contributed by atoms with Crippen LogP contribution in [0.2, 0.25) is 0 Å². The lowest BCUT2D eigenvalue weighted by atomic mass is 9.79. The molecule has 104 valence electrons. The molecular weight excluding hydrogens is 254 g/mol. The molecule has 0 spiro atoms. The van der Waals surface area contributed by atoms with Crippen LogP contribution < -0.4 is 4.90 Å². The maximum absolute atomic E-state index is 4.37. The van der Waals surface area contributed by atoms with Gasteiger partial charge in [-0.1, -0.05) is 61.2 Å². The number of hydrogen-bond donors (Lipinski definition) is 0. The fourth-order valence-corrected chi connectivity index (χ4v) is 3.60. The fourth-order valence-electron chi connectivity index (χ4n) is 3.60. The van der Waals surface area contributed by atoms with Crippen LogP contribution >= 0.6 is 0 Å². The van der Waals surface area contributed by atoms with Gasteiger partial charge >= 0.3 is 0 Å². The van der Waals surface area contributed by atoms with E-state index < -0.39 is 0 Å². The fraction of sp³-hybridized carbons (Fsp3) is 0.200. The summed E-state index contributed by atoms with van der Waals surface area (Å²) in [4.78, 5) is 2.51. The number of para-hydroxylation sites is 1. The second-order valence-electron chi connectivity index (χ2n) is 5.82. The second-order valence-corrected chi connectivity index (χ2v) is 5.82. The first-order valence-electron chi connectivity index (χ1n) is 7.64. The summed E-state index contributed by atoms with van der Waals surface area (Å²) in [5, 5.41) is 0. The molecule has 2 unspecified atom stereocenters. The first-order chi connectivity index (χ1) is 10.4. The van der Waals surface area contributed by atoms with Crippen LogP contribution in [-0.2, 0) is 0 Å². The highest BCUT2D eigenvalue weighted by atomic mass is 15.2. The molecular formula is C20H19N. The van der Waals surface area contributed by atoms with Gasteiger partial charge in [0.1, 0.15) is 0 Å². The first-order valence-corrected chi connectivity index (χ1v) is 7.64. The third-order valence-corrected chi connectivity index (χ3v) is 4.62. The second kappa shape index (κ2) is 4.92. The molecule has 2 aliphatic carbocycles. The summed E-state index contributed by atoms with van der Waals surface area (Å²) in [6.07, 6.45) is 17.8. The number of allylic oxidation sites excluding steroid dienone is 6. The molecule has 1 aromatic carbocycles. The number of benzene rings is 1. The average Bonchev–Trinajstić information content (AvgIpc) is 2.56. The third-order valence-electron chi connectivity index (χ3n) is 4.62. The van der Waals surface area contributed by atoms with E-state index in [2.05, 4.69) is 78.3 Å². The first kappa shape index (κ1) is 12.5. The van der Waals surface area contributed by atoms with Crippen LogP contribution in [0.25, 0.3) is 5.57 Å². The van der Waals surface area contributed by atoms with Gasteiger partial charge in [0.05, 0.1) is 6.04 Å². The summed E-state index contributed by atoms with van der Waals surface area (Å²) in [5.74, 6) is 0.372. The van der Waals surface area contributed by atoms with Crippen LogP contribution in [0.3, 0.4) is 0 Å². The van der Waals surface area contributed by atoms with Crippen molar-refractivity contribution in [2.45, 2.75) is 18.9 Å². The summed E-state index contributed by atoms with van der Waals surface area (Å²) in [6.45, 7) is 4.37. The number of nitrogens with zero attached hydrogens (tertiary/aromatic N) is 1. The van der Waals surface area contributed by atoms with Gasteiger partial charge in [0, 0.05) is 22.9 Å². The monoisotopic (exact) mass is 273 g/mol. The highest BCUT2D eigenvalue weighted by Gasteiger charge is 2.36. The molecule has 0 radical (unpaired) electrons. The molecule has 0 N–H and O–H groups in total. The normalized spacial score (nSPS) is 26.4.